The van der Waals surface area contributed by atoms with Crippen LogP contribution in [0.1, 0.15) is 5.56 Å². The maximum atomic E-state index is 8.58. The Kier molecular flexibility index (Phi) is 4.05. The predicted molar refractivity (Wildman–Crippen MR) is 58.5 cm³/mol. The standard InChI is InChI=1S/C9H6BrCl2N/c10-7(5-13)4-6-2-1-3-8(11)9(6)12/h1-3,7H,4H2. The number of rotatable bonds is 2. The second-order valence-corrected chi connectivity index (χ2v) is 4.40. The average molecular weight is 279 g/mol. The Morgan fingerprint density at radius 1 is 1.46 bits per heavy atom. The van der Waals surface area contributed by atoms with Crippen molar-refractivity contribution in [2.45, 2.75) is 11.2 Å². The molecule has 4 heteroatoms. The molecule has 1 unspecified atom stereocenters. The van der Waals surface area contributed by atoms with Gasteiger partial charge in [0, 0.05) is 0 Å². The first-order valence-corrected chi connectivity index (χ1v) is 5.29. The first-order valence-electron chi connectivity index (χ1n) is 3.61. The summed E-state index contributed by atoms with van der Waals surface area (Å²) in [6.07, 6.45) is 0.565. The van der Waals surface area contributed by atoms with Gasteiger partial charge in [-0.15, -0.1) is 0 Å². The van der Waals surface area contributed by atoms with Gasteiger partial charge in [-0.05, 0) is 18.1 Å². The molecule has 0 aliphatic carbocycles. The van der Waals surface area contributed by atoms with Crippen LogP contribution in [0.3, 0.4) is 0 Å². The number of alkyl halides is 1. The number of nitriles is 1. The van der Waals surface area contributed by atoms with E-state index in [1.54, 1.807) is 6.07 Å². The van der Waals surface area contributed by atoms with Crippen molar-refractivity contribution in [1.29, 1.82) is 5.26 Å². The van der Waals surface area contributed by atoms with E-state index in [9.17, 15) is 0 Å². The first-order chi connectivity index (χ1) is 6.15. The average Bonchev–Trinajstić information content (AvgIpc) is 2.13. The van der Waals surface area contributed by atoms with Crippen molar-refractivity contribution in [3.05, 3.63) is 33.8 Å². The molecule has 0 saturated carbocycles. The van der Waals surface area contributed by atoms with E-state index in [0.717, 1.165) is 5.56 Å². The summed E-state index contributed by atoms with van der Waals surface area (Å²) in [5.74, 6) is 0. The minimum atomic E-state index is -0.219. The van der Waals surface area contributed by atoms with Crippen molar-refractivity contribution in [2.24, 2.45) is 0 Å². The van der Waals surface area contributed by atoms with Crippen molar-refractivity contribution < 1.29 is 0 Å². The van der Waals surface area contributed by atoms with Crippen LogP contribution in [-0.2, 0) is 6.42 Å². The van der Waals surface area contributed by atoms with Gasteiger partial charge in [-0.1, -0.05) is 51.3 Å². The summed E-state index contributed by atoms with van der Waals surface area (Å²) in [5.41, 5.74) is 0.887. The highest BCUT2D eigenvalue weighted by Gasteiger charge is 2.08. The Morgan fingerprint density at radius 3 is 2.77 bits per heavy atom. The zero-order chi connectivity index (χ0) is 9.84. The van der Waals surface area contributed by atoms with Crippen molar-refractivity contribution in [3.63, 3.8) is 0 Å². The molecular weight excluding hydrogens is 273 g/mol. The van der Waals surface area contributed by atoms with Gasteiger partial charge in [0.2, 0.25) is 0 Å². The first kappa shape index (κ1) is 10.8. The lowest BCUT2D eigenvalue weighted by molar-refractivity contribution is 1.04. The third-order valence-electron chi connectivity index (χ3n) is 1.57. The minimum absolute atomic E-state index is 0.219. The Morgan fingerprint density at radius 2 is 2.15 bits per heavy atom. The lowest BCUT2D eigenvalue weighted by Crippen LogP contribution is -1.99. The van der Waals surface area contributed by atoms with Crippen LogP contribution in [0.15, 0.2) is 18.2 Å². The Labute approximate surface area is 95.4 Å². The summed E-state index contributed by atoms with van der Waals surface area (Å²) in [6.45, 7) is 0. The Hall–Kier alpha value is -0.230. The molecule has 68 valence electrons. The third kappa shape index (κ3) is 2.87. The van der Waals surface area contributed by atoms with Crippen LogP contribution in [0, 0.1) is 11.3 Å². The smallest absolute Gasteiger partial charge is 0.105 e. The van der Waals surface area contributed by atoms with Gasteiger partial charge in [0.25, 0.3) is 0 Å². The normalized spacial score (nSPS) is 12.2. The van der Waals surface area contributed by atoms with Gasteiger partial charge in [0.1, 0.15) is 4.83 Å². The fraction of sp³-hybridized carbons (Fsp3) is 0.222. The van der Waals surface area contributed by atoms with Crippen molar-refractivity contribution in [3.8, 4) is 6.07 Å². The summed E-state index contributed by atoms with van der Waals surface area (Å²) in [4.78, 5) is -0.219. The van der Waals surface area contributed by atoms with E-state index in [-0.39, 0.29) is 4.83 Å². The second kappa shape index (κ2) is 4.85. The summed E-state index contributed by atoms with van der Waals surface area (Å²) in [6, 6.07) is 7.48. The lowest BCUT2D eigenvalue weighted by atomic mass is 10.1. The van der Waals surface area contributed by atoms with E-state index in [2.05, 4.69) is 22.0 Å². The number of halogens is 3. The SMILES string of the molecule is N#CC(Br)Cc1cccc(Cl)c1Cl. The fourth-order valence-corrected chi connectivity index (χ4v) is 1.69. The highest BCUT2D eigenvalue weighted by atomic mass is 79.9. The molecule has 0 fully saturated rings. The van der Waals surface area contributed by atoms with Gasteiger partial charge in [0.15, 0.2) is 0 Å². The molecule has 0 aromatic heterocycles. The number of hydrogen-bond acceptors (Lipinski definition) is 1. The molecular formula is C9H6BrCl2N. The molecule has 1 atom stereocenters. The molecule has 1 nitrogen and oxygen atoms in total. The molecule has 0 spiro atoms. The van der Waals surface area contributed by atoms with E-state index >= 15 is 0 Å². The van der Waals surface area contributed by atoms with E-state index in [1.165, 1.54) is 0 Å². The van der Waals surface area contributed by atoms with E-state index in [4.69, 9.17) is 28.5 Å². The zero-order valence-corrected chi connectivity index (χ0v) is 9.70. The lowest BCUT2D eigenvalue weighted by Gasteiger charge is -2.05. The summed E-state index contributed by atoms with van der Waals surface area (Å²) >= 11 is 15.0. The molecule has 0 bridgehead atoms. The molecule has 0 aliphatic heterocycles. The maximum Gasteiger partial charge on any atom is 0.105 e. The quantitative estimate of drug-likeness (QED) is 0.755. The molecule has 0 aliphatic rings. The number of nitrogens with zero attached hydrogens (tertiary/aromatic N) is 1. The van der Waals surface area contributed by atoms with Gasteiger partial charge < -0.3 is 0 Å². The number of hydrogen-bond donors (Lipinski definition) is 0. The van der Waals surface area contributed by atoms with Crippen molar-refractivity contribution in [1.82, 2.24) is 0 Å². The van der Waals surface area contributed by atoms with E-state index in [0.29, 0.717) is 16.5 Å². The van der Waals surface area contributed by atoms with E-state index < -0.39 is 0 Å². The molecule has 0 saturated heterocycles. The number of benzene rings is 1. The molecule has 1 rings (SSSR count). The van der Waals surface area contributed by atoms with Crippen LogP contribution in [0.5, 0.6) is 0 Å². The molecule has 0 amide bonds. The van der Waals surface area contributed by atoms with Crippen LogP contribution >= 0.6 is 39.1 Å². The van der Waals surface area contributed by atoms with Gasteiger partial charge in [-0.3, -0.25) is 0 Å². The van der Waals surface area contributed by atoms with Crippen LogP contribution < -0.4 is 0 Å². The van der Waals surface area contributed by atoms with Crippen LogP contribution in [0.2, 0.25) is 10.0 Å². The van der Waals surface area contributed by atoms with Gasteiger partial charge in [-0.25, -0.2) is 0 Å². The highest BCUT2D eigenvalue weighted by molar-refractivity contribution is 9.09. The summed E-state index contributed by atoms with van der Waals surface area (Å²) in [7, 11) is 0. The monoisotopic (exact) mass is 277 g/mol. The largest absolute Gasteiger partial charge is 0.197 e. The molecule has 0 radical (unpaired) electrons. The molecule has 1 aromatic rings. The third-order valence-corrected chi connectivity index (χ3v) is 2.96. The molecule has 0 N–H and O–H groups in total. The Balaban J connectivity index is 2.90. The molecule has 13 heavy (non-hydrogen) atoms. The molecule has 0 heterocycles. The summed E-state index contributed by atoms with van der Waals surface area (Å²) in [5, 5.41) is 9.64. The second-order valence-electron chi connectivity index (χ2n) is 2.51. The van der Waals surface area contributed by atoms with E-state index in [1.807, 2.05) is 12.1 Å². The van der Waals surface area contributed by atoms with Crippen LogP contribution in [-0.4, -0.2) is 4.83 Å². The fourth-order valence-electron chi connectivity index (χ4n) is 0.945. The topological polar surface area (TPSA) is 23.8 Å². The van der Waals surface area contributed by atoms with Gasteiger partial charge >= 0.3 is 0 Å². The molecule has 1 aromatic carbocycles. The minimum Gasteiger partial charge on any atom is -0.197 e. The van der Waals surface area contributed by atoms with Crippen molar-refractivity contribution in [2.75, 3.05) is 0 Å². The van der Waals surface area contributed by atoms with Crippen LogP contribution in [0.4, 0.5) is 0 Å². The maximum absolute atomic E-state index is 8.58. The summed E-state index contributed by atoms with van der Waals surface area (Å²) < 4.78 is 0. The van der Waals surface area contributed by atoms with Gasteiger partial charge in [0.05, 0.1) is 16.1 Å². The highest BCUT2D eigenvalue weighted by Crippen LogP contribution is 2.27. The zero-order valence-electron chi connectivity index (χ0n) is 6.60. The van der Waals surface area contributed by atoms with Crippen molar-refractivity contribution >= 4 is 39.1 Å². The predicted octanol–water partition coefficient (Wildman–Crippen LogP) is 3.82. The van der Waals surface area contributed by atoms with Crippen LogP contribution in [0.25, 0.3) is 0 Å². The Bertz CT molecular complexity index is 346. The van der Waals surface area contributed by atoms with Gasteiger partial charge in [-0.2, -0.15) is 5.26 Å².